The first-order chi connectivity index (χ1) is 14.1. The number of amides is 1. The number of benzene rings is 1. The minimum absolute atomic E-state index is 0.0217. The van der Waals surface area contributed by atoms with Crippen molar-refractivity contribution in [3.8, 4) is 17.0 Å². The van der Waals surface area contributed by atoms with Crippen LogP contribution < -0.4 is 15.0 Å². The van der Waals surface area contributed by atoms with Crippen LogP contribution in [0.5, 0.6) is 5.75 Å². The molecule has 150 valence electrons. The molecule has 8 heteroatoms. The summed E-state index contributed by atoms with van der Waals surface area (Å²) in [5.74, 6) is 1.58. The number of hydrogen-bond acceptors (Lipinski definition) is 7. The van der Waals surface area contributed by atoms with Crippen molar-refractivity contribution in [2.75, 3.05) is 30.4 Å². The lowest BCUT2D eigenvalue weighted by Crippen LogP contribution is -2.41. The minimum atomic E-state index is -0.0904. The lowest BCUT2D eigenvalue weighted by Gasteiger charge is -2.32. The highest BCUT2D eigenvalue weighted by Gasteiger charge is 2.27. The standard InChI is InChI=1S/C21H23N5O2S/c1-14-12-29-21(24-14)25-20(27)16-4-3-9-26(11-16)19-10-18(22-13-23-19)15-5-7-17(28-2)8-6-15/h5-8,10,12-13,16H,3-4,9,11H2,1-2H3,(H,24,25,27). The monoisotopic (exact) mass is 409 g/mol. The number of ether oxygens (including phenoxy) is 1. The van der Waals surface area contributed by atoms with Crippen molar-refractivity contribution in [1.29, 1.82) is 0 Å². The third-order valence-corrected chi connectivity index (χ3v) is 5.88. The molecular formula is C21H23N5O2S. The highest BCUT2D eigenvalue weighted by molar-refractivity contribution is 7.13. The summed E-state index contributed by atoms with van der Waals surface area (Å²) in [6.45, 7) is 3.43. The topological polar surface area (TPSA) is 80.2 Å². The Kier molecular flexibility index (Phi) is 5.71. The average molecular weight is 410 g/mol. The van der Waals surface area contributed by atoms with Gasteiger partial charge in [0, 0.05) is 30.1 Å². The zero-order valence-electron chi connectivity index (χ0n) is 16.5. The van der Waals surface area contributed by atoms with Crippen LogP contribution in [0, 0.1) is 12.8 Å². The Morgan fingerprint density at radius 3 is 2.83 bits per heavy atom. The molecule has 0 radical (unpaired) electrons. The third kappa shape index (κ3) is 4.54. The second kappa shape index (κ2) is 8.57. The van der Waals surface area contributed by atoms with Gasteiger partial charge in [0.25, 0.3) is 0 Å². The van der Waals surface area contributed by atoms with E-state index in [1.54, 1.807) is 13.4 Å². The average Bonchev–Trinajstić information content (AvgIpc) is 3.18. The Balaban J connectivity index is 1.47. The number of hydrogen-bond donors (Lipinski definition) is 1. The van der Waals surface area contributed by atoms with E-state index in [4.69, 9.17) is 4.74 Å². The largest absolute Gasteiger partial charge is 0.497 e. The summed E-state index contributed by atoms with van der Waals surface area (Å²) in [5.41, 5.74) is 2.77. The SMILES string of the molecule is COc1ccc(-c2cc(N3CCCC(C(=O)Nc4nc(C)cs4)C3)ncn2)cc1. The van der Waals surface area contributed by atoms with Gasteiger partial charge in [0.05, 0.1) is 24.4 Å². The number of rotatable bonds is 5. The molecule has 29 heavy (non-hydrogen) atoms. The van der Waals surface area contributed by atoms with Crippen molar-refractivity contribution in [1.82, 2.24) is 15.0 Å². The Morgan fingerprint density at radius 2 is 2.10 bits per heavy atom. The van der Waals surface area contributed by atoms with Crippen molar-refractivity contribution in [2.24, 2.45) is 5.92 Å². The quantitative estimate of drug-likeness (QED) is 0.691. The molecule has 3 heterocycles. The van der Waals surface area contributed by atoms with E-state index >= 15 is 0 Å². The molecule has 1 amide bonds. The van der Waals surface area contributed by atoms with Crippen LogP contribution in [0.1, 0.15) is 18.5 Å². The number of piperidine rings is 1. The number of aromatic nitrogens is 3. The molecule has 7 nitrogen and oxygen atoms in total. The number of nitrogens with one attached hydrogen (secondary N) is 1. The van der Waals surface area contributed by atoms with Crippen LogP contribution in [-0.2, 0) is 4.79 Å². The Hall–Kier alpha value is -3.00. The first kappa shape index (κ1) is 19.3. The molecule has 1 saturated heterocycles. The van der Waals surface area contributed by atoms with Gasteiger partial charge in [0.1, 0.15) is 17.9 Å². The van der Waals surface area contributed by atoms with Crippen LogP contribution >= 0.6 is 11.3 Å². The summed E-state index contributed by atoms with van der Waals surface area (Å²) in [5, 5.41) is 5.55. The van der Waals surface area contributed by atoms with E-state index in [-0.39, 0.29) is 11.8 Å². The van der Waals surface area contributed by atoms with Gasteiger partial charge in [-0.25, -0.2) is 15.0 Å². The third-order valence-electron chi connectivity index (χ3n) is 5.00. The zero-order valence-corrected chi connectivity index (χ0v) is 17.3. The first-order valence-electron chi connectivity index (χ1n) is 9.57. The summed E-state index contributed by atoms with van der Waals surface area (Å²) < 4.78 is 5.22. The molecule has 0 bridgehead atoms. The maximum atomic E-state index is 12.7. The van der Waals surface area contributed by atoms with Gasteiger partial charge in [0.15, 0.2) is 5.13 Å². The van der Waals surface area contributed by atoms with Crippen LogP contribution in [0.15, 0.2) is 42.0 Å². The molecule has 0 spiro atoms. The van der Waals surface area contributed by atoms with Gasteiger partial charge < -0.3 is 15.0 Å². The fraction of sp³-hybridized carbons (Fsp3) is 0.333. The van der Waals surface area contributed by atoms with Crippen LogP contribution in [0.4, 0.5) is 10.9 Å². The van der Waals surface area contributed by atoms with E-state index in [0.717, 1.165) is 47.9 Å². The smallest absolute Gasteiger partial charge is 0.231 e. The molecule has 1 aromatic carbocycles. The van der Waals surface area contributed by atoms with Gasteiger partial charge in [-0.3, -0.25) is 4.79 Å². The van der Waals surface area contributed by atoms with Crippen LogP contribution in [0.2, 0.25) is 0 Å². The number of methoxy groups -OCH3 is 1. The Bertz CT molecular complexity index is 989. The number of anilines is 2. The normalized spacial score (nSPS) is 16.5. The van der Waals surface area contributed by atoms with Crippen molar-refractivity contribution in [3.63, 3.8) is 0 Å². The predicted molar refractivity (Wildman–Crippen MR) is 114 cm³/mol. The molecule has 1 fully saturated rings. The van der Waals surface area contributed by atoms with E-state index in [2.05, 4.69) is 25.2 Å². The maximum Gasteiger partial charge on any atom is 0.231 e. The molecule has 1 aliphatic rings. The summed E-state index contributed by atoms with van der Waals surface area (Å²) in [7, 11) is 1.65. The van der Waals surface area contributed by atoms with E-state index < -0.39 is 0 Å². The number of carbonyl (C=O) groups is 1. The molecule has 1 N–H and O–H groups in total. The number of carbonyl (C=O) groups excluding carboxylic acids is 1. The summed E-state index contributed by atoms with van der Waals surface area (Å²) in [6, 6.07) is 9.77. The van der Waals surface area contributed by atoms with Crippen molar-refractivity contribution in [3.05, 3.63) is 47.7 Å². The summed E-state index contributed by atoms with van der Waals surface area (Å²) >= 11 is 1.45. The van der Waals surface area contributed by atoms with E-state index in [0.29, 0.717) is 11.7 Å². The second-order valence-electron chi connectivity index (χ2n) is 7.06. The zero-order chi connectivity index (χ0) is 20.2. The van der Waals surface area contributed by atoms with Gasteiger partial charge in [-0.2, -0.15) is 0 Å². The van der Waals surface area contributed by atoms with E-state index in [1.165, 1.54) is 11.3 Å². The van der Waals surface area contributed by atoms with Crippen molar-refractivity contribution >= 4 is 28.2 Å². The molecule has 1 unspecified atom stereocenters. The molecule has 1 aliphatic heterocycles. The molecule has 2 aromatic heterocycles. The molecule has 0 saturated carbocycles. The molecule has 4 rings (SSSR count). The van der Waals surface area contributed by atoms with Crippen LogP contribution in [0.25, 0.3) is 11.3 Å². The highest BCUT2D eigenvalue weighted by atomic mass is 32.1. The minimum Gasteiger partial charge on any atom is -0.497 e. The van der Waals surface area contributed by atoms with Crippen molar-refractivity contribution < 1.29 is 9.53 Å². The van der Waals surface area contributed by atoms with Gasteiger partial charge in [-0.05, 0) is 44.0 Å². The lowest BCUT2D eigenvalue weighted by atomic mass is 9.97. The lowest BCUT2D eigenvalue weighted by molar-refractivity contribution is -0.120. The van der Waals surface area contributed by atoms with Crippen LogP contribution in [0.3, 0.4) is 0 Å². The fourth-order valence-corrected chi connectivity index (χ4v) is 4.15. The molecule has 1 atom stereocenters. The first-order valence-corrected chi connectivity index (χ1v) is 10.4. The number of nitrogens with zero attached hydrogens (tertiary/aromatic N) is 4. The van der Waals surface area contributed by atoms with E-state index in [9.17, 15) is 4.79 Å². The number of thiazole rings is 1. The highest BCUT2D eigenvalue weighted by Crippen LogP contribution is 2.27. The van der Waals surface area contributed by atoms with Gasteiger partial charge in [-0.15, -0.1) is 11.3 Å². The maximum absolute atomic E-state index is 12.7. The van der Waals surface area contributed by atoms with E-state index in [1.807, 2.05) is 42.6 Å². The molecule has 3 aromatic rings. The predicted octanol–water partition coefficient (Wildman–Crippen LogP) is 3.77. The Labute approximate surface area is 173 Å². The van der Waals surface area contributed by atoms with Crippen molar-refractivity contribution in [2.45, 2.75) is 19.8 Å². The summed E-state index contributed by atoms with van der Waals surface area (Å²) in [6.07, 6.45) is 3.39. The number of aryl methyl sites for hydroxylation is 1. The van der Waals surface area contributed by atoms with Gasteiger partial charge in [-0.1, -0.05) is 0 Å². The van der Waals surface area contributed by atoms with Gasteiger partial charge >= 0.3 is 0 Å². The second-order valence-corrected chi connectivity index (χ2v) is 7.92. The van der Waals surface area contributed by atoms with Crippen LogP contribution in [-0.4, -0.2) is 41.1 Å². The van der Waals surface area contributed by atoms with Gasteiger partial charge in [0.2, 0.25) is 5.91 Å². The fourth-order valence-electron chi connectivity index (χ4n) is 3.46. The molecule has 0 aliphatic carbocycles. The summed E-state index contributed by atoms with van der Waals surface area (Å²) in [4.78, 5) is 28.0. The Morgan fingerprint density at radius 1 is 1.28 bits per heavy atom. The molecular weight excluding hydrogens is 386 g/mol.